The fourth-order valence-corrected chi connectivity index (χ4v) is 5.03. The van der Waals surface area contributed by atoms with Crippen LogP contribution in [-0.4, -0.2) is 28.1 Å². The normalized spacial score (nSPS) is 16.4. The van der Waals surface area contributed by atoms with E-state index >= 15 is 0 Å². The Balaban J connectivity index is 1.40. The molecule has 1 aromatic carbocycles. The van der Waals surface area contributed by atoms with Crippen LogP contribution in [0, 0.1) is 5.82 Å². The maximum Gasteiger partial charge on any atom is 0.256 e. The van der Waals surface area contributed by atoms with Crippen molar-refractivity contribution in [2.24, 2.45) is 0 Å². The van der Waals surface area contributed by atoms with Gasteiger partial charge in [-0.25, -0.2) is 9.37 Å². The van der Waals surface area contributed by atoms with Crippen molar-refractivity contribution in [3.8, 4) is 11.3 Å². The topological polar surface area (TPSA) is 46.3 Å². The first-order valence-electron chi connectivity index (χ1n) is 8.86. The molecule has 1 aliphatic heterocycles. The summed E-state index contributed by atoms with van der Waals surface area (Å²) in [6, 6.07) is 8.36. The number of carbonyl (C=O) groups excluding carboxylic acids is 1. The molecular weight excluding hydrogens is 383 g/mol. The van der Waals surface area contributed by atoms with Crippen LogP contribution in [0.5, 0.6) is 0 Å². The molecule has 140 valence electrons. The molecule has 0 bridgehead atoms. The molecule has 0 radical (unpaired) electrons. The van der Waals surface area contributed by atoms with Gasteiger partial charge in [-0.05, 0) is 54.1 Å². The first kappa shape index (κ1) is 18.3. The number of rotatable bonds is 5. The lowest BCUT2D eigenvalue weighted by atomic mass is 9.98. The number of benzene rings is 1. The zero-order valence-electron chi connectivity index (χ0n) is 14.9. The molecule has 2 aromatic heterocycles. The number of amides is 1. The van der Waals surface area contributed by atoms with E-state index < -0.39 is 0 Å². The molecule has 27 heavy (non-hydrogen) atoms. The van der Waals surface area contributed by atoms with Crippen LogP contribution in [-0.2, 0) is 11.2 Å². The number of halogens is 1. The fourth-order valence-electron chi connectivity index (χ4n) is 3.41. The van der Waals surface area contributed by atoms with Gasteiger partial charge >= 0.3 is 0 Å². The molecule has 0 saturated carbocycles. The van der Waals surface area contributed by atoms with E-state index in [0.717, 1.165) is 24.9 Å². The predicted molar refractivity (Wildman–Crippen MR) is 105 cm³/mol. The summed E-state index contributed by atoms with van der Waals surface area (Å²) in [4.78, 5) is 20.4. The van der Waals surface area contributed by atoms with E-state index in [4.69, 9.17) is 4.42 Å². The van der Waals surface area contributed by atoms with Crippen molar-refractivity contribution in [1.29, 1.82) is 0 Å². The van der Waals surface area contributed by atoms with Crippen LogP contribution in [0.3, 0.4) is 0 Å². The molecule has 0 saturated heterocycles. The van der Waals surface area contributed by atoms with E-state index in [1.165, 1.54) is 34.3 Å². The van der Waals surface area contributed by atoms with E-state index in [0.29, 0.717) is 16.7 Å². The molecule has 3 aromatic rings. The lowest BCUT2D eigenvalue weighted by Crippen LogP contribution is -2.40. The van der Waals surface area contributed by atoms with E-state index in [1.54, 1.807) is 29.7 Å². The molecule has 0 spiro atoms. The molecule has 3 heterocycles. The summed E-state index contributed by atoms with van der Waals surface area (Å²) in [6.07, 6.45) is 3.44. The van der Waals surface area contributed by atoms with Gasteiger partial charge in [0, 0.05) is 17.0 Å². The number of hydrogen-bond donors (Lipinski definition) is 0. The van der Waals surface area contributed by atoms with Crippen LogP contribution in [0.25, 0.3) is 11.3 Å². The fraction of sp³-hybridized carbons (Fsp3) is 0.300. The minimum atomic E-state index is -0.292. The van der Waals surface area contributed by atoms with E-state index in [2.05, 4.69) is 23.4 Å². The number of thiophene rings is 1. The third-order valence-corrected chi connectivity index (χ3v) is 6.56. The summed E-state index contributed by atoms with van der Waals surface area (Å²) < 4.78 is 18.7. The molecule has 0 aliphatic carbocycles. The van der Waals surface area contributed by atoms with Crippen LogP contribution in [0.15, 0.2) is 51.5 Å². The van der Waals surface area contributed by atoms with Gasteiger partial charge in [-0.2, -0.15) is 0 Å². The Labute approximate surface area is 165 Å². The van der Waals surface area contributed by atoms with Gasteiger partial charge in [0.15, 0.2) is 5.76 Å². The van der Waals surface area contributed by atoms with Crippen molar-refractivity contribution in [2.75, 3.05) is 12.3 Å². The van der Waals surface area contributed by atoms with Gasteiger partial charge in [0.05, 0.1) is 18.0 Å². The van der Waals surface area contributed by atoms with Crippen molar-refractivity contribution in [2.45, 2.75) is 31.0 Å². The molecule has 1 atom stereocenters. The smallest absolute Gasteiger partial charge is 0.256 e. The number of carbonyl (C=O) groups is 1. The standard InChI is InChI=1S/C20H19FN2O2S2/c1-2-16-15-8-10-26-18(15)7-9-23(16)19(24)12-27-20-22-11-17(25-20)13-3-5-14(21)6-4-13/h3-6,8,10-11,16H,2,7,9,12H2,1H3. The van der Waals surface area contributed by atoms with E-state index in [1.807, 2.05) is 4.90 Å². The monoisotopic (exact) mass is 402 g/mol. The summed E-state index contributed by atoms with van der Waals surface area (Å²) >= 11 is 3.07. The highest BCUT2D eigenvalue weighted by Gasteiger charge is 2.30. The summed E-state index contributed by atoms with van der Waals surface area (Å²) in [5.41, 5.74) is 2.05. The van der Waals surface area contributed by atoms with Gasteiger partial charge in [0.2, 0.25) is 5.91 Å². The Morgan fingerprint density at radius 3 is 2.96 bits per heavy atom. The van der Waals surface area contributed by atoms with Gasteiger partial charge < -0.3 is 9.32 Å². The Hall–Kier alpha value is -2.12. The van der Waals surface area contributed by atoms with Gasteiger partial charge in [0.25, 0.3) is 5.22 Å². The van der Waals surface area contributed by atoms with Crippen molar-refractivity contribution in [1.82, 2.24) is 9.88 Å². The third kappa shape index (κ3) is 3.80. The highest BCUT2D eigenvalue weighted by Crippen LogP contribution is 2.36. The summed E-state index contributed by atoms with van der Waals surface area (Å²) in [5.74, 6) is 0.668. The SMILES string of the molecule is CCC1c2ccsc2CCN1C(=O)CSc1ncc(-c2ccc(F)cc2)o1. The quantitative estimate of drug-likeness (QED) is 0.552. The number of aromatic nitrogens is 1. The van der Waals surface area contributed by atoms with Crippen LogP contribution in [0.4, 0.5) is 4.39 Å². The average Bonchev–Trinajstić information content (AvgIpc) is 3.35. The summed E-state index contributed by atoms with van der Waals surface area (Å²) in [7, 11) is 0. The van der Waals surface area contributed by atoms with Crippen molar-refractivity contribution in [3.63, 3.8) is 0 Å². The number of nitrogens with zero attached hydrogens (tertiary/aromatic N) is 2. The predicted octanol–water partition coefficient (Wildman–Crippen LogP) is 5.17. The van der Waals surface area contributed by atoms with Crippen molar-refractivity contribution >= 4 is 29.0 Å². The molecule has 0 N–H and O–H groups in total. The lowest BCUT2D eigenvalue weighted by molar-refractivity contribution is -0.131. The Morgan fingerprint density at radius 1 is 1.37 bits per heavy atom. The number of fused-ring (bicyclic) bond motifs is 1. The Bertz CT molecular complexity index is 936. The van der Waals surface area contributed by atoms with Crippen molar-refractivity contribution in [3.05, 3.63) is 58.2 Å². The highest BCUT2D eigenvalue weighted by molar-refractivity contribution is 7.99. The van der Waals surface area contributed by atoms with E-state index in [9.17, 15) is 9.18 Å². The highest BCUT2D eigenvalue weighted by atomic mass is 32.2. The second-order valence-corrected chi connectivity index (χ2v) is 8.27. The Morgan fingerprint density at radius 2 is 2.19 bits per heavy atom. The number of thioether (sulfide) groups is 1. The molecular formula is C20H19FN2O2S2. The molecule has 1 amide bonds. The second kappa shape index (κ2) is 7.86. The third-order valence-electron chi connectivity index (χ3n) is 4.73. The number of hydrogen-bond acceptors (Lipinski definition) is 5. The average molecular weight is 403 g/mol. The van der Waals surface area contributed by atoms with Crippen molar-refractivity contribution < 1.29 is 13.6 Å². The first-order chi connectivity index (χ1) is 13.2. The molecule has 0 fully saturated rings. The molecule has 1 aliphatic rings. The maximum absolute atomic E-state index is 13.0. The van der Waals surface area contributed by atoms with Gasteiger partial charge in [-0.15, -0.1) is 11.3 Å². The minimum absolute atomic E-state index is 0.102. The maximum atomic E-state index is 13.0. The zero-order chi connectivity index (χ0) is 18.8. The summed E-state index contributed by atoms with van der Waals surface area (Å²) in [5, 5.41) is 2.56. The van der Waals surface area contributed by atoms with Gasteiger partial charge in [-0.3, -0.25) is 4.79 Å². The van der Waals surface area contributed by atoms with Crippen LogP contribution in [0.2, 0.25) is 0 Å². The van der Waals surface area contributed by atoms with E-state index in [-0.39, 0.29) is 17.8 Å². The van der Waals surface area contributed by atoms with Crippen LogP contribution < -0.4 is 0 Å². The Kier molecular flexibility index (Phi) is 5.31. The zero-order valence-corrected chi connectivity index (χ0v) is 16.5. The molecule has 1 unspecified atom stereocenters. The van der Waals surface area contributed by atoms with Crippen LogP contribution >= 0.6 is 23.1 Å². The first-order valence-corrected chi connectivity index (χ1v) is 10.7. The number of oxazole rings is 1. The molecule has 4 nitrogen and oxygen atoms in total. The van der Waals surface area contributed by atoms with Gasteiger partial charge in [-0.1, -0.05) is 18.7 Å². The molecule has 4 rings (SSSR count). The minimum Gasteiger partial charge on any atom is -0.431 e. The van der Waals surface area contributed by atoms with Crippen LogP contribution in [0.1, 0.15) is 29.8 Å². The lowest BCUT2D eigenvalue weighted by Gasteiger charge is -2.35. The van der Waals surface area contributed by atoms with Gasteiger partial charge in [0.1, 0.15) is 5.82 Å². The second-order valence-electron chi connectivity index (χ2n) is 6.35. The largest absolute Gasteiger partial charge is 0.431 e. The summed E-state index contributed by atoms with van der Waals surface area (Å²) in [6.45, 7) is 2.88. The molecule has 7 heteroatoms.